The Morgan fingerprint density at radius 2 is 1.65 bits per heavy atom. The van der Waals surface area contributed by atoms with E-state index >= 15 is 0 Å². The molecule has 4 nitrogen and oxygen atoms in total. The molecule has 0 heterocycles. The maximum Gasteiger partial charge on any atom is 0.475 e. The minimum Gasteiger partial charge on any atom is -0.287 e. The molecule has 0 N–H and O–H groups in total. The molecule has 1 atom stereocenters. The zero-order valence-corrected chi connectivity index (χ0v) is 12.7. The van der Waals surface area contributed by atoms with Crippen LogP contribution in [0.15, 0.2) is 24.3 Å². The minimum absolute atomic E-state index is 0.0217. The van der Waals surface area contributed by atoms with Gasteiger partial charge in [0.05, 0.1) is 13.2 Å². The van der Waals surface area contributed by atoms with Gasteiger partial charge in [-0.2, -0.15) is 0 Å². The standard InChI is InChI=1S/C12H16ClF2O4P/c1-3-17-20(16,18-4-2)19-11(12(14)15)9-5-7-10(13)8-6-9/h5-8,11-12H,3-4H2,1-2H3/t11-/m1/s1. The molecule has 114 valence electrons. The fourth-order valence-electron chi connectivity index (χ4n) is 1.46. The highest BCUT2D eigenvalue weighted by atomic mass is 35.5. The zero-order valence-electron chi connectivity index (χ0n) is 11.1. The van der Waals surface area contributed by atoms with E-state index < -0.39 is 20.4 Å². The third-order valence-electron chi connectivity index (χ3n) is 2.24. The van der Waals surface area contributed by atoms with Gasteiger partial charge in [-0.25, -0.2) is 13.3 Å². The molecule has 0 saturated heterocycles. The lowest BCUT2D eigenvalue weighted by Gasteiger charge is -2.23. The van der Waals surface area contributed by atoms with E-state index in [1.807, 2.05) is 0 Å². The van der Waals surface area contributed by atoms with Gasteiger partial charge in [-0.3, -0.25) is 13.6 Å². The van der Waals surface area contributed by atoms with Gasteiger partial charge < -0.3 is 0 Å². The summed E-state index contributed by atoms with van der Waals surface area (Å²) in [4.78, 5) is 0. The van der Waals surface area contributed by atoms with Crippen LogP contribution in [0.1, 0.15) is 25.5 Å². The van der Waals surface area contributed by atoms with Crippen LogP contribution in [0, 0.1) is 0 Å². The predicted octanol–water partition coefficient (Wildman–Crippen LogP) is 4.84. The van der Waals surface area contributed by atoms with Crippen molar-refractivity contribution in [2.24, 2.45) is 0 Å². The van der Waals surface area contributed by atoms with Crippen LogP contribution in [0.2, 0.25) is 5.02 Å². The summed E-state index contributed by atoms with van der Waals surface area (Å²) >= 11 is 5.70. The average molecular weight is 329 g/mol. The Balaban J connectivity index is 2.96. The maximum atomic E-state index is 13.1. The van der Waals surface area contributed by atoms with E-state index in [1.54, 1.807) is 13.8 Å². The van der Waals surface area contributed by atoms with E-state index in [0.29, 0.717) is 5.02 Å². The third-order valence-corrected chi connectivity index (χ3v) is 4.13. The van der Waals surface area contributed by atoms with Gasteiger partial charge in [0.25, 0.3) is 6.43 Å². The zero-order chi connectivity index (χ0) is 15.2. The summed E-state index contributed by atoms with van der Waals surface area (Å²) in [7, 11) is -4.02. The molecule has 0 saturated carbocycles. The Kier molecular flexibility index (Phi) is 7.06. The van der Waals surface area contributed by atoms with Crippen LogP contribution in [-0.4, -0.2) is 19.6 Å². The number of rotatable bonds is 8. The minimum atomic E-state index is -4.02. The van der Waals surface area contributed by atoms with E-state index in [4.69, 9.17) is 25.2 Å². The van der Waals surface area contributed by atoms with Gasteiger partial charge >= 0.3 is 7.82 Å². The Hall–Kier alpha value is -0.520. The molecule has 0 aliphatic carbocycles. The third kappa shape index (κ3) is 5.11. The quantitative estimate of drug-likeness (QED) is 0.640. The average Bonchev–Trinajstić information content (AvgIpc) is 2.37. The molecule has 0 spiro atoms. The number of phosphoric acid groups is 1. The first-order valence-corrected chi connectivity index (χ1v) is 7.86. The van der Waals surface area contributed by atoms with Gasteiger partial charge in [-0.1, -0.05) is 23.7 Å². The molecule has 20 heavy (non-hydrogen) atoms. The second-order valence-electron chi connectivity index (χ2n) is 3.69. The van der Waals surface area contributed by atoms with Crippen LogP contribution >= 0.6 is 19.4 Å². The van der Waals surface area contributed by atoms with Crippen LogP contribution in [0.3, 0.4) is 0 Å². The summed E-state index contributed by atoms with van der Waals surface area (Å²) in [6.45, 7) is 3.17. The Labute approximate surface area is 121 Å². The molecular formula is C12H16ClF2O4P. The number of hydrogen-bond donors (Lipinski definition) is 0. The van der Waals surface area contributed by atoms with Crippen LogP contribution in [0.25, 0.3) is 0 Å². The number of phosphoric ester groups is 1. The molecule has 0 unspecified atom stereocenters. The van der Waals surface area contributed by atoms with Gasteiger partial charge in [-0.05, 0) is 31.5 Å². The number of hydrogen-bond acceptors (Lipinski definition) is 4. The highest BCUT2D eigenvalue weighted by Crippen LogP contribution is 2.54. The van der Waals surface area contributed by atoms with Gasteiger partial charge in [0, 0.05) is 5.02 Å². The van der Waals surface area contributed by atoms with Crippen molar-refractivity contribution in [3.05, 3.63) is 34.9 Å². The molecular weight excluding hydrogens is 313 g/mol. The van der Waals surface area contributed by atoms with Crippen molar-refractivity contribution in [3.63, 3.8) is 0 Å². The first-order valence-electron chi connectivity index (χ1n) is 6.03. The largest absolute Gasteiger partial charge is 0.475 e. The Morgan fingerprint density at radius 3 is 2.05 bits per heavy atom. The van der Waals surface area contributed by atoms with Crippen LogP contribution in [0.4, 0.5) is 8.78 Å². The molecule has 1 rings (SSSR count). The molecule has 1 aromatic rings. The van der Waals surface area contributed by atoms with Crippen molar-refractivity contribution in [2.45, 2.75) is 26.4 Å². The number of halogens is 3. The van der Waals surface area contributed by atoms with Crippen molar-refractivity contribution >= 4 is 19.4 Å². The van der Waals surface area contributed by atoms with Gasteiger partial charge in [-0.15, -0.1) is 0 Å². The Bertz CT molecular complexity index is 445. The molecule has 8 heteroatoms. The van der Waals surface area contributed by atoms with Crippen molar-refractivity contribution in [3.8, 4) is 0 Å². The lowest BCUT2D eigenvalue weighted by Crippen LogP contribution is -2.14. The number of benzene rings is 1. The first kappa shape index (κ1) is 17.5. The summed E-state index contributed by atoms with van der Waals surface area (Å²) in [5.74, 6) is 0. The fourth-order valence-corrected chi connectivity index (χ4v) is 2.90. The highest BCUT2D eigenvalue weighted by Gasteiger charge is 2.35. The van der Waals surface area contributed by atoms with E-state index in [9.17, 15) is 13.3 Å². The summed E-state index contributed by atoms with van der Waals surface area (Å²) in [6.07, 6.45) is -4.60. The first-order chi connectivity index (χ1) is 9.41. The van der Waals surface area contributed by atoms with Crippen molar-refractivity contribution in [2.75, 3.05) is 13.2 Å². The molecule has 0 aliphatic heterocycles. The highest BCUT2D eigenvalue weighted by molar-refractivity contribution is 7.48. The Morgan fingerprint density at radius 1 is 1.15 bits per heavy atom. The van der Waals surface area contributed by atoms with Gasteiger partial charge in [0.1, 0.15) is 0 Å². The predicted molar refractivity (Wildman–Crippen MR) is 72.1 cm³/mol. The van der Waals surface area contributed by atoms with Crippen LogP contribution in [0.5, 0.6) is 0 Å². The molecule has 0 aliphatic rings. The lowest BCUT2D eigenvalue weighted by atomic mass is 10.1. The van der Waals surface area contributed by atoms with Crippen molar-refractivity contribution in [1.82, 2.24) is 0 Å². The smallest absolute Gasteiger partial charge is 0.287 e. The molecule has 0 aromatic heterocycles. The molecule has 1 aromatic carbocycles. The van der Waals surface area contributed by atoms with E-state index in [2.05, 4.69) is 0 Å². The summed E-state index contributed by atoms with van der Waals surface area (Å²) < 4.78 is 53.0. The number of alkyl halides is 2. The summed E-state index contributed by atoms with van der Waals surface area (Å²) in [6, 6.07) is 5.65. The lowest BCUT2D eigenvalue weighted by molar-refractivity contribution is -0.0173. The van der Waals surface area contributed by atoms with E-state index in [1.165, 1.54) is 24.3 Å². The SMILES string of the molecule is CCOP(=O)(OCC)O[C@H](c1ccc(Cl)cc1)C(F)F. The van der Waals surface area contributed by atoms with Gasteiger partial charge in [0.15, 0.2) is 6.10 Å². The molecule has 0 radical (unpaired) electrons. The van der Waals surface area contributed by atoms with Crippen LogP contribution in [-0.2, 0) is 18.1 Å². The topological polar surface area (TPSA) is 44.8 Å². The van der Waals surface area contributed by atoms with Gasteiger partial charge in [0.2, 0.25) is 0 Å². The fraction of sp³-hybridized carbons (Fsp3) is 0.500. The second kappa shape index (κ2) is 8.05. The summed E-state index contributed by atoms with van der Waals surface area (Å²) in [5, 5.41) is 0.402. The van der Waals surface area contributed by atoms with Crippen molar-refractivity contribution < 1.29 is 26.9 Å². The molecule has 0 bridgehead atoms. The molecule has 0 fully saturated rings. The van der Waals surface area contributed by atoms with Crippen LogP contribution < -0.4 is 0 Å². The molecule has 0 amide bonds. The van der Waals surface area contributed by atoms with E-state index in [-0.39, 0.29) is 18.8 Å². The summed E-state index contributed by atoms with van der Waals surface area (Å²) in [5.41, 5.74) is 0.143. The normalized spacial score (nSPS) is 13.7. The van der Waals surface area contributed by atoms with E-state index in [0.717, 1.165) is 0 Å². The monoisotopic (exact) mass is 328 g/mol. The second-order valence-corrected chi connectivity index (χ2v) is 5.75. The van der Waals surface area contributed by atoms with Crippen molar-refractivity contribution in [1.29, 1.82) is 0 Å². The maximum absolute atomic E-state index is 13.1.